The lowest BCUT2D eigenvalue weighted by molar-refractivity contribution is -0.157. The minimum absolute atomic E-state index is 0.151. The van der Waals surface area contributed by atoms with Crippen molar-refractivity contribution >= 4 is 29.3 Å². The number of carbonyl (C=O) groups excluding carboxylic acids is 4. The summed E-state index contributed by atoms with van der Waals surface area (Å²) in [5.74, 6) is -2.77. The number of amides is 4. The van der Waals surface area contributed by atoms with Crippen molar-refractivity contribution in [1.29, 1.82) is 0 Å². The van der Waals surface area contributed by atoms with Gasteiger partial charge in [-0.15, -0.1) is 0 Å². The van der Waals surface area contributed by atoms with Crippen molar-refractivity contribution in [2.75, 3.05) is 25.0 Å². The summed E-state index contributed by atoms with van der Waals surface area (Å²) in [6.45, 7) is 2.24. The van der Waals surface area contributed by atoms with E-state index in [4.69, 9.17) is 5.73 Å². The molecule has 1 saturated carbocycles. The fourth-order valence-corrected chi connectivity index (χ4v) is 4.66. The van der Waals surface area contributed by atoms with E-state index < -0.39 is 41.5 Å². The maximum atomic E-state index is 13.2. The Morgan fingerprint density at radius 2 is 1.71 bits per heavy atom. The number of nitrogens with zero attached hydrogens (tertiary/aromatic N) is 2. The lowest BCUT2D eigenvalue weighted by atomic mass is 9.92. The summed E-state index contributed by atoms with van der Waals surface area (Å²) < 4.78 is 13.2. The number of nitrogens with one attached hydrogen (secondary N) is 2. The molecule has 0 aromatic heterocycles. The monoisotopic (exact) mass is 523 g/mol. The Morgan fingerprint density at radius 3 is 2.37 bits per heavy atom. The average molecular weight is 524 g/mol. The van der Waals surface area contributed by atoms with Crippen LogP contribution in [0, 0.1) is 11.7 Å². The number of halogens is 1. The molecule has 38 heavy (non-hydrogen) atoms. The molecule has 1 aliphatic carbocycles. The molecule has 0 spiro atoms. The molecule has 2 aliphatic rings. The van der Waals surface area contributed by atoms with Crippen LogP contribution >= 0.6 is 0 Å². The first-order chi connectivity index (χ1) is 18.2. The van der Waals surface area contributed by atoms with Crippen LogP contribution in [0.3, 0.4) is 0 Å². The fraction of sp³-hybridized carbons (Fsp3) is 0.429. The molecule has 0 bridgehead atoms. The van der Waals surface area contributed by atoms with Crippen LogP contribution < -0.4 is 16.4 Å². The quantitative estimate of drug-likeness (QED) is 0.387. The van der Waals surface area contributed by atoms with Gasteiger partial charge in [0, 0.05) is 42.8 Å². The molecule has 9 nitrogen and oxygen atoms in total. The first-order valence-electron chi connectivity index (χ1n) is 13.0. The number of carbonyl (C=O) groups is 4. The van der Waals surface area contributed by atoms with Gasteiger partial charge < -0.3 is 26.2 Å². The van der Waals surface area contributed by atoms with Crippen LogP contribution in [0.4, 0.5) is 10.1 Å². The number of hydrogen-bond donors (Lipinski definition) is 3. The van der Waals surface area contributed by atoms with Crippen molar-refractivity contribution in [2.24, 2.45) is 11.7 Å². The zero-order valence-corrected chi connectivity index (χ0v) is 21.4. The van der Waals surface area contributed by atoms with Gasteiger partial charge in [-0.05, 0) is 55.5 Å². The van der Waals surface area contributed by atoms with Gasteiger partial charge in [0.15, 0.2) is 0 Å². The molecule has 4 rings (SSSR count). The Bertz CT molecular complexity index is 1160. The maximum absolute atomic E-state index is 13.2. The van der Waals surface area contributed by atoms with Crippen LogP contribution in [0.2, 0.25) is 0 Å². The number of nitrogens with two attached hydrogens (primary N) is 1. The zero-order chi connectivity index (χ0) is 27.2. The van der Waals surface area contributed by atoms with Crippen LogP contribution in [-0.2, 0) is 25.6 Å². The largest absolute Gasteiger partial charge is 0.350 e. The fourth-order valence-electron chi connectivity index (χ4n) is 4.66. The summed E-state index contributed by atoms with van der Waals surface area (Å²) in [5, 5.41) is 5.69. The molecular weight excluding hydrogens is 489 g/mol. The van der Waals surface area contributed by atoms with Gasteiger partial charge in [0.2, 0.25) is 11.8 Å². The van der Waals surface area contributed by atoms with E-state index in [-0.39, 0.29) is 24.9 Å². The molecule has 3 atom stereocenters. The molecule has 0 radical (unpaired) electrons. The van der Waals surface area contributed by atoms with Crippen LogP contribution in [0.15, 0.2) is 54.6 Å². The molecule has 4 amide bonds. The van der Waals surface area contributed by atoms with Crippen LogP contribution in [0.25, 0.3) is 0 Å². The van der Waals surface area contributed by atoms with Crippen molar-refractivity contribution in [3.8, 4) is 0 Å². The third-order valence-corrected chi connectivity index (χ3v) is 7.01. The lowest BCUT2D eigenvalue weighted by Gasteiger charge is -2.34. The van der Waals surface area contributed by atoms with Crippen molar-refractivity contribution in [1.82, 2.24) is 15.1 Å². The summed E-state index contributed by atoms with van der Waals surface area (Å²) in [6.07, 6.45) is 2.54. The predicted octanol–water partition coefficient (Wildman–Crippen LogP) is 1.68. The van der Waals surface area contributed by atoms with E-state index in [1.165, 1.54) is 29.2 Å². The third-order valence-electron chi connectivity index (χ3n) is 7.01. The topological polar surface area (TPSA) is 125 Å². The highest BCUT2D eigenvalue weighted by atomic mass is 19.1. The second kappa shape index (κ2) is 12.2. The highest BCUT2D eigenvalue weighted by Crippen LogP contribution is 2.28. The van der Waals surface area contributed by atoms with Crippen molar-refractivity contribution in [3.63, 3.8) is 0 Å². The van der Waals surface area contributed by atoms with Gasteiger partial charge in [0.25, 0.3) is 0 Å². The Labute approximate surface area is 221 Å². The molecule has 2 fully saturated rings. The Kier molecular flexibility index (Phi) is 8.73. The number of benzene rings is 2. The van der Waals surface area contributed by atoms with E-state index in [2.05, 4.69) is 10.6 Å². The Morgan fingerprint density at radius 1 is 1.03 bits per heavy atom. The second-order valence-corrected chi connectivity index (χ2v) is 10.1. The van der Waals surface area contributed by atoms with Gasteiger partial charge in [-0.25, -0.2) is 4.39 Å². The second-order valence-electron chi connectivity index (χ2n) is 10.1. The van der Waals surface area contributed by atoms with E-state index in [0.29, 0.717) is 25.2 Å². The molecule has 4 N–H and O–H groups in total. The number of hydrogen-bond acceptors (Lipinski definition) is 5. The molecule has 10 heteroatoms. The molecule has 1 aliphatic heterocycles. The summed E-state index contributed by atoms with van der Waals surface area (Å²) in [4.78, 5) is 53.6. The number of anilines is 1. The smallest absolute Gasteiger partial charge is 0.312 e. The third kappa shape index (κ3) is 7.16. The average Bonchev–Trinajstić information content (AvgIpc) is 3.74. The molecule has 202 valence electrons. The first-order valence-corrected chi connectivity index (χ1v) is 13.0. The van der Waals surface area contributed by atoms with E-state index in [1.807, 2.05) is 30.3 Å². The molecule has 2 aromatic rings. The SMILES string of the molecule is C[C@H](C[C@H](N)[C@H](Cc1ccccc1)NC(=O)CN1CCN(C2CC2)C(=O)C1=O)C(=O)Nc1ccc(F)cc1. The minimum Gasteiger partial charge on any atom is -0.350 e. The van der Waals surface area contributed by atoms with Gasteiger partial charge in [0.05, 0.1) is 0 Å². The number of rotatable bonds is 11. The van der Waals surface area contributed by atoms with E-state index in [1.54, 1.807) is 11.8 Å². The van der Waals surface area contributed by atoms with Crippen molar-refractivity contribution in [3.05, 3.63) is 66.0 Å². The van der Waals surface area contributed by atoms with Gasteiger partial charge in [-0.1, -0.05) is 37.3 Å². The van der Waals surface area contributed by atoms with Gasteiger partial charge in [0.1, 0.15) is 12.4 Å². The van der Waals surface area contributed by atoms with Crippen molar-refractivity contribution in [2.45, 2.75) is 50.7 Å². The standard InChI is InChI=1S/C28H34FN5O4/c1-18(26(36)31-21-9-7-20(29)8-10-21)15-23(30)24(16-19-5-3-2-4-6-19)32-25(35)17-33-13-14-34(22-11-12-22)28(38)27(33)37/h2-10,18,22-24H,11-17,30H2,1H3,(H,31,36)(H,32,35)/t18-,23+,24+/m1/s1. The van der Waals surface area contributed by atoms with Gasteiger partial charge in [-0.3, -0.25) is 19.2 Å². The Hall–Kier alpha value is -3.79. The molecular formula is C28H34FN5O4. The summed E-state index contributed by atoms with van der Waals surface area (Å²) >= 11 is 0. The predicted molar refractivity (Wildman–Crippen MR) is 140 cm³/mol. The highest BCUT2D eigenvalue weighted by Gasteiger charge is 2.41. The summed E-state index contributed by atoms with van der Waals surface area (Å²) in [7, 11) is 0. The minimum atomic E-state index is -0.659. The summed E-state index contributed by atoms with van der Waals surface area (Å²) in [5.41, 5.74) is 7.96. The molecule has 0 unspecified atom stereocenters. The Balaban J connectivity index is 1.37. The zero-order valence-electron chi connectivity index (χ0n) is 21.4. The van der Waals surface area contributed by atoms with Gasteiger partial charge >= 0.3 is 11.8 Å². The first kappa shape index (κ1) is 27.3. The maximum Gasteiger partial charge on any atom is 0.312 e. The lowest BCUT2D eigenvalue weighted by Crippen LogP contribution is -2.58. The normalized spacial score (nSPS) is 18.1. The van der Waals surface area contributed by atoms with E-state index >= 15 is 0 Å². The van der Waals surface area contributed by atoms with E-state index in [9.17, 15) is 23.6 Å². The summed E-state index contributed by atoms with van der Waals surface area (Å²) in [6, 6.07) is 14.1. The van der Waals surface area contributed by atoms with Crippen molar-refractivity contribution < 1.29 is 23.6 Å². The van der Waals surface area contributed by atoms with E-state index in [0.717, 1.165) is 18.4 Å². The number of piperazine rings is 1. The van der Waals surface area contributed by atoms with Gasteiger partial charge in [-0.2, -0.15) is 0 Å². The molecule has 1 heterocycles. The highest BCUT2D eigenvalue weighted by molar-refractivity contribution is 6.35. The van der Waals surface area contributed by atoms with Crippen LogP contribution in [0.5, 0.6) is 0 Å². The van der Waals surface area contributed by atoms with Crippen LogP contribution in [0.1, 0.15) is 31.7 Å². The van der Waals surface area contributed by atoms with Crippen LogP contribution in [-0.4, -0.2) is 71.2 Å². The molecule has 2 aromatic carbocycles. The molecule has 1 saturated heterocycles.